The maximum absolute atomic E-state index is 12.9. The third-order valence-corrected chi connectivity index (χ3v) is 5.26. The van der Waals surface area contributed by atoms with E-state index in [1.165, 1.54) is 5.56 Å². The molecule has 1 heterocycles. The summed E-state index contributed by atoms with van der Waals surface area (Å²) in [6.07, 6.45) is 0. The van der Waals surface area contributed by atoms with E-state index in [9.17, 15) is 4.79 Å². The predicted octanol–water partition coefficient (Wildman–Crippen LogP) is 5.77. The minimum Gasteiger partial charge on any atom is -0.319 e. The second-order valence-corrected chi connectivity index (χ2v) is 7.66. The number of rotatable bonds is 4. The number of anilines is 1. The van der Waals surface area contributed by atoms with Gasteiger partial charge in [0.25, 0.3) is 5.91 Å². The second kappa shape index (κ2) is 8.13. The minimum atomic E-state index is -0.366. The number of aromatic nitrogens is 3. The summed E-state index contributed by atoms with van der Waals surface area (Å²) in [6, 6.07) is 21.0. The third kappa shape index (κ3) is 3.98. The van der Waals surface area contributed by atoms with Crippen molar-refractivity contribution in [3.8, 4) is 17.1 Å². The second-order valence-electron chi connectivity index (χ2n) is 7.22. The van der Waals surface area contributed by atoms with Crippen LogP contribution in [0, 0.1) is 20.8 Å². The van der Waals surface area contributed by atoms with Crippen LogP contribution in [-0.4, -0.2) is 20.7 Å². The highest BCUT2D eigenvalue weighted by Crippen LogP contribution is 2.25. The molecule has 0 atom stereocenters. The molecule has 150 valence electrons. The van der Waals surface area contributed by atoms with Gasteiger partial charge in [0.05, 0.1) is 5.69 Å². The normalized spacial score (nSPS) is 10.8. The van der Waals surface area contributed by atoms with Crippen molar-refractivity contribution in [2.24, 2.45) is 0 Å². The highest BCUT2D eigenvalue weighted by molar-refractivity contribution is 6.30. The Labute approximate surface area is 180 Å². The van der Waals surface area contributed by atoms with Gasteiger partial charge in [-0.05, 0) is 67.8 Å². The summed E-state index contributed by atoms with van der Waals surface area (Å²) >= 11 is 6.20. The highest BCUT2D eigenvalue weighted by Gasteiger charge is 2.20. The molecule has 0 aliphatic rings. The number of benzene rings is 3. The summed E-state index contributed by atoms with van der Waals surface area (Å²) < 4.78 is 1.69. The number of aryl methyl sites for hydroxylation is 3. The Morgan fingerprint density at radius 3 is 2.43 bits per heavy atom. The molecule has 1 N–H and O–H groups in total. The molecular formula is C24H21ClN4O. The Balaban J connectivity index is 1.80. The molecule has 1 aromatic heterocycles. The number of hydrogen-bond donors (Lipinski definition) is 1. The third-order valence-electron chi connectivity index (χ3n) is 5.02. The Hall–Kier alpha value is -3.44. The first-order valence-corrected chi connectivity index (χ1v) is 9.98. The van der Waals surface area contributed by atoms with Crippen molar-refractivity contribution in [3.05, 3.63) is 94.3 Å². The monoisotopic (exact) mass is 416 g/mol. The SMILES string of the molecule is Cc1ccc(-n2nc(C(=O)Nc3ccccc3C)nc2-c2cccc(Cl)c2)cc1C. The Morgan fingerprint density at radius 1 is 0.900 bits per heavy atom. The topological polar surface area (TPSA) is 59.8 Å². The van der Waals surface area contributed by atoms with Crippen LogP contribution < -0.4 is 5.32 Å². The molecule has 0 aliphatic carbocycles. The van der Waals surface area contributed by atoms with Gasteiger partial charge in [-0.25, -0.2) is 9.67 Å². The van der Waals surface area contributed by atoms with Gasteiger partial charge in [0.15, 0.2) is 5.82 Å². The van der Waals surface area contributed by atoms with Crippen LogP contribution in [0.2, 0.25) is 5.02 Å². The number of nitrogens with one attached hydrogen (secondary N) is 1. The van der Waals surface area contributed by atoms with E-state index in [1.807, 2.05) is 74.5 Å². The summed E-state index contributed by atoms with van der Waals surface area (Å²) in [5.41, 5.74) is 5.62. The van der Waals surface area contributed by atoms with E-state index in [4.69, 9.17) is 11.6 Å². The molecular weight excluding hydrogens is 396 g/mol. The number of hydrogen-bond acceptors (Lipinski definition) is 3. The van der Waals surface area contributed by atoms with Crippen LogP contribution in [-0.2, 0) is 0 Å². The lowest BCUT2D eigenvalue weighted by molar-refractivity contribution is 0.101. The standard InChI is InChI=1S/C24H21ClN4O/c1-15-11-12-20(13-17(15)3)29-23(18-8-6-9-19(25)14-18)27-22(28-29)24(30)26-21-10-5-4-7-16(21)2/h4-14H,1-3H3,(H,26,30). The number of halogens is 1. The number of amides is 1. The van der Waals surface area contributed by atoms with Crippen molar-refractivity contribution >= 4 is 23.2 Å². The van der Waals surface area contributed by atoms with Gasteiger partial charge in [-0.3, -0.25) is 4.79 Å². The van der Waals surface area contributed by atoms with Crippen LogP contribution in [0.15, 0.2) is 66.7 Å². The van der Waals surface area contributed by atoms with Crippen LogP contribution in [0.4, 0.5) is 5.69 Å². The fourth-order valence-electron chi connectivity index (χ4n) is 3.15. The van der Waals surface area contributed by atoms with E-state index >= 15 is 0 Å². The molecule has 0 unspecified atom stereocenters. The number of para-hydroxylation sites is 1. The lowest BCUT2D eigenvalue weighted by atomic mass is 10.1. The van der Waals surface area contributed by atoms with E-state index in [1.54, 1.807) is 10.7 Å². The lowest BCUT2D eigenvalue weighted by Crippen LogP contribution is -2.15. The van der Waals surface area contributed by atoms with Crippen molar-refractivity contribution < 1.29 is 4.79 Å². The van der Waals surface area contributed by atoms with Gasteiger partial charge >= 0.3 is 0 Å². The first-order chi connectivity index (χ1) is 14.4. The zero-order valence-corrected chi connectivity index (χ0v) is 17.7. The molecule has 0 saturated carbocycles. The lowest BCUT2D eigenvalue weighted by Gasteiger charge is -2.08. The summed E-state index contributed by atoms with van der Waals surface area (Å²) in [7, 11) is 0. The van der Waals surface area contributed by atoms with Gasteiger partial charge in [-0.2, -0.15) is 0 Å². The first-order valence-electron chi connectivity index (χ1n) is 9.60. The molecule has 6 heteroatoms. The first kappa shape index (κ1) is 19.9. The Kier molecular flexibility index (Phi) is 5.38. The number of carbonyl (C=O) groups excluding carboxylic acids is 1. The molecule has 3 aromatic carbocycles. The van der Waals surface area contributed by atoms with Crippen molar-refractivity contribution in [1.29, 1.82) is 0 Å². The molecule has 0 saturated heterocycles. The summed E-state index contributed by atoms with van der Waals surface area (Å²) in [4.78, 5) is 17.5. The van der Waals surface area contributed by atoms with Crippen molar-refractivity contribution in [3.63, 3.8) is 0 Å². The maximum Gasteiger partial charge on any atom is 0.295 e. The molecule has 0 spiro atoms. The quantitative estimate of drug-likeness (QED) is 0.459. The summed E-state index contributed by atoms with van der Waals surface area (Å²) in [5, 5.41) is 8.02. The van der Waals surface area contributed by atoms with E-state index in [-0.39, 0.29) is 11.7 Å². The van der Waals surface area contributed by atoms with Gasteiger partial charge in [-0.1, -0.05) is 48.0 Å². The fraction of sp³-hybridized carbons (Fsp3) is 0.125. The molecule has 0 radical (unpaired) electrons. The zero-order chi connectivity index (χ0) is 21.3. The predicted molar refractivity (Wildman–Crippen MR) is 120 cm³/mol. The average Bonchev–Trinajstić information content (AvgIpc) is 3.17. The van der Waals surface area contributed by atoms with Crippen molar-refractivity contribution in [2.75, 3.05) is 5.32 Å². The van der Waals surface area contributed by atoms with Gasteiger partial charge in [-0.15, -0.1) is 5.10 Å². The van der Waals surface area contributed by atoms with Crippen LogP contribution in [0.1, 0.15) is 27.3 Å². The zero-order valence-electron chi connectivity index (χ0n) is 17.0. The van der Waals surface area contributed by atoms with Crippen LogP contribution in [0.5, 0.6) is 0 Å². The van der Waals surface area contributed by atoms with Gasteiger partial charge in [0.1, 0.15) is 0 Å². The van der Waals surface area contributed by atoms with Gasteiger partial charge in [0, 0.05) is 16.3 Å². The average molecular weight is 417 g/mol. The molecule has 4 rings (SSSR count). The van der Waals surface area contributed by atoms with Crippen molar-refractivity contribution in [2.45, 2.75) is 20.8 Å². The van der Waals surface area contributed by atoms with E-state index in [2.05, 4.69) is 22.3 Å². The number of carbonyl (C=O) groups is 1. The van der Waals surface area contributed by atoms with Gasteiger partial charge in [0.2, 0.25) is 5.82 Å². The molecule has 0 fully saturated rings. The number of nitrogens with zero attached hydrogens (tertiary/aromatic N) is 3. The molecule has 4 aromatic rings. The highest BCUT2D eigenvalue weighted by atomic mass is 35.5. The summed E-state index contributed by atoms with van der Waals surface area (Å²) in [5.74, 6) is 0.275. The van der Waals surface area contributed by atoms with Crippen molar-refractivity contribution in [1.82, 2.24) is 14.8 Å². The van der Waals surface area contributed by atoms with Crippen LogP contribution in [0.3, 0.4) is 0 Å². The van der Waals surface area contributed by atoms with Crippen LogP contribution in [0.25, 0.3) is 17.1 Å². The molecule has 0 bridgehead atoms. The maximum atomic E-state index is 12.9. The smallest absolute Gasteiger partial charge is 0.295 e. The minimum absolute atomic E-state index is 0.0893. The van der Waals surface area contributed by atoms with Crippen LogP contribution >= 0.6 is 11.6 Å². The van der Waals surface area contributed by atoms with Gasteiger partial charge < -0.3 is 5.32 Å². The Morgan fingerprint density at radius 2 is 1.70 bits per heavy atom. The molecule has 5 nitrogen and oxygen atoms in total. The van der Waals surface area contributed by atoms with E-state index in [0.717, 1.165) is 28.1 Å². The fourth-order valence-corrected chi connectivity index (χ4v) is 3.34. The largest absolute Gasteiger partial charge is 0.319 e. The van der Waals surface area contributed by atoms with E-state index < -0.39 is 0 Å². The molecule has 0 aliphatic heterocycles. The molecule has 30 heavy (non-hydrogen) atoms. The van der Waals surface area contributed by atoms with E-state index in [0.29, 0.717) is 10.8 Å². The Bertz CT molecular complexity index is 1250. The molecule has 1 amide bonds. The summed E-state index contributed by atoms with van der Waals surface area (Å²) in [6.45, 7) is 6.04.